The Hall–Kier alpha value is -0.830. The summed E-state index contributed by atoms with van der Waals surface area (Å²) in [5, 5.41) is 9.70. The van der Waals surface area contributed by atoms with Gasteiger partial charge in [-0.3, -0.25) is 4.79 Å². The number of ether oxygens (including phenoxy) is 1. The van der Waals surface area contributed by atoms with Gasteiger partial charge in [-0.1, -0.05) is 83.3 Å². The van der Waals surface area contributed by atoms with E-state index in [1.54, 1.807) is 0 Å². The Morgan fingerprint density at radius 1 is 0.880 bits per heavy atom. The standard InChI is InChI=1S/C22H42O3/c1-3-5-18-21(23)19-16-14-12-10-8-6-7-9-11-13-15-17-20-22(24)25-4-2/h16,19,21,23H,3-15,17-18,20H2,1-2H3/t21-/m0/s1. The lowest BCUT2D eigenvalue weighted by atomic mass is 10.0. The molecule has 3 nitrogen and oxygen atoms in total. The van der Waals surface area contributed by atoms with E-state index in [9.17, 15) is 9.90 Å². The van der Waals surface area contributed by atoms with Crippen molar-refractivity contribution in [2.24, 2.45) is 0 Å². The van der Waals surface area contributed by atoms with Crippen molar-refractivity contribution in [3.05, 3.63) is 12.2 Å². The summed E-state index contributed by atoms with van der Waals surface area (Å²) in [6.07, 6.45) is 21.2. The number of allylic oxidation sites excluding steroid dienone is 1. The minimum atomic E-state index is -0.239. The van der Waals surface area contributed by atoms with Crippen molar-refractivity contribution >= 4 is 5.97 Å². The zero-order valence-corrected chi connectivity index (χ0v) is 16.8. The number of carbonyl (C=O) groups is 1. The van der Waals surface area contributed by atoms with Crippen LogP contribution in [0.15, 0.2) is 12.2 Å². The first kappa shape index (κ1) is 24.2. The van der Waals surface area contributed by atoms with Crippen LogP contribution in [0.5, 0.6) is 0 Å². The average Bonchev–Trinajstić information content (AvgIpc) is 2.60. The molecule has 0 aliphatic rings. The number of carbonyl (C=O) groups excluding carboxylic acids is 1. The molecule has 148 valence electrons. The molecule has 0 spiro atoms. The number of rotatable bonds is 18. The molecule has 0 unspecified atom stereocenters. The molecule has 0 saturated heterocycles. The maximum atomic E-state index is 11.2. The molecule has 0 heterocycles. The largest absolute Gasteiger partial charge is 0.466 e. The maximum Gasteiger partial charge on any atom is 0.305 e. The molecule has 25 heavy (non-hydrogen) atoms. The van der Waals surface area contributed by atoms with Crippen LogP contribution in [-0.2, 0) is 9.53 Å². The van der Waals surface area contributed by atoms with Crippen LogP contribution in [0.2, 0.25) is 0 Å². The second-order valence-corrected chi connectivity index (χ2v) is 7.02. The highest BCUT2D eigenvalue weighted by Crippen LogP contribution is 2.12. The van der Waals surface area contributed by atoms with E-state index >= 15 is 0 Å². The molecule has 0 fully saturated rings. The first-order valence-corrected chi connectivity index (χ1v) is 10.7. The lowest BCUT2D eigenvalue weighted by Gasteiger charge is -2.04. The molecule has 0 aromatic carbocycles. The van der Waals surface area contributed by atoms with Gasteiger partial charge in [-0.15, -0.1) is 0 Å². The van der Waals surface area contributed by atoms with E-state index in [0.717, 1.165) is 38.5 Å². The van der Waals surface area contributed by atoms with E-state index in [1.165, 1.54) is 51.4 Å². The number of aliphatic hydroxyl groups is 1. The summed E-state index contributed by atoms with van der Waals surface area (Å²) in [5.74, 6) is -0.0483. The molecule has 0 saturated carbocycles. The summed E-state index contributed by atoms with van der Waals surface area (Å²) in [6, 6.07) is 0. The average molecular weight is 355 g/mol. The maximum absolute atomic E-state index is 11.2. The molecule has 0 radical (unpaired) electrons. The van der Waals surface area contributed by atoms with Crippen LogP contribution in [0.3, 0.4) is 0 Å². The van der Waals surface area contributed by atoms with Crippen molar-refractivity contribution in [2.45, 2.75) is 116 Å². The van der Waals surface area contributed by atoms with Crippen LogP contribution in [0.4, 0.5) is 0 Å². The third kappa shape index (κ3) is 19.3. The summed E-state index contributed by atoms with van der Waals surface area (Å²) in [7, 11) is 0. The van der Waals surface area contributed by atoms with Gasteiger partial charge >= 0.3 is 5.97 Å². The number of hydrogen-bond acceptors (Lipinski definition) is 3. The highest BCUT2D eigenvalue weighted by atomic mass is 16.5. The topological polar surface area (TPSA) is 46.5 Å². The van der Waals surface area contributed by atoms with E-state index < -0.39 is 0 Å². The zero-order valence-electron chi connectivity index (χ0n) is 16.8. The van der Waals surface area contributed by atoms with Crippen molar-refractivity contribution in [1.29, 1.82) is 0 Å². The van der Waals surface area contributed by atoms with Crippen molar-refractivity contribution in [1.82, 2.24) is 0 Å². The zero-order chi connectivity index (χ0) is 18.6. The van der Waals surface area contributed by atoms with E-state index in [4.69, 9.17) is 4.74 Å². The Balaban J connectivity index is 3.19. The fraction of sp³-hybridized carbons (Fsp3) is 0.864. The van der Waals surface area contributed by atoms with E-state index in [1.807, 2.05) is 13.0 Å². The van der Waals surface area contributed by atoms with E-state index in [2.05, 4.69) is 13.0 Å². The first-order chi connectivity index (χ1) is 12.2. The molecule has 0 aliphatic carbocycles. The number of esters is 1. The number of aliphatic hydroxyl groups excluding tert-OH is 1. The second-order valence-electron chi connectivity index (χ2n) is 7.02. The van der Waals surface area contributed by atoms with Gasteiger partial charge in [0.15, 0.2) is 0 Å². The fourth-order valence-electron chi connectivity index (χ4n) is 2.94. The highest BCUT2D eigenvalue weighted by molar-refractivity contribution is 5.69. The molecule has 1 atom stereocenters. The Kier molecular flexibility index (Phi) is 18.8. The van der Waals surface area contributed by atoms with Gasteiger partial charge < -0.3 is 9.84 Å². The predicted molar refractivity (Wildman–Crippen MR) is 107 cm³/mol. The SMILES string of the molecule is CCCC[C@H](O)C=CCCCCCCCCCCCCC(=O)OCC. The van der Waals surface area contributed by atoms with Gasteiger partial charge in [0.2, 0.25) is 0 Å². The van der Waals surface area contributed by atoms with Crippen LogP contribution in [0.1, 0.15) is 110 Å². The van der Waals surface area contributed by atoms with Crippen LogP contribution in [-0.4, -0.2) is 23.8 Å². The summed E-state index contributed by atoms with van der Waals surface area (Å²) in [6.45, 7) is 4.51. The highest BCUT2D eigenvalue weighted by Gasteiger charge is 2.00. The van der Waals surface area contributed by atoms with Crippen LogP contribution in [0.25, 0.3) is 0 Å². The molecular weight excluding hydrogens is 312 g/mol. The van der Waals surface area contributed by atoms with Gasteiger partial charge in [-0.2, -0.15) is 0 Å². The molecule has 0 rings (SSSR count). The normalized spacial score (nSPS) is 12.6. The smallest absolute Gasteiger partial charge is 0.305 e. The third-order valence-electron chi connectivity index (χ3n) is 4.52. The van der Waals surface area contributed by atoms with Gasteiger partial charge in [-0.25, -0.2) is 0 Å². The molecule has 0 amide bonds. The summed E-state index contributed by atoms with van der Waals surface area (Å²) in [4.78, 5) is 11.2. The third-order valence-corrected chi connectivity index (χ3v) is 4.52. The first-order valence-electron chi connectivity index (χ1n) is 10.7. The van der Waals surface area contributed by atoms with Crippen LogP contribution >= 0.6 is 0 Å². The lowest BCUT2D eigenvalue weighted by molar-refractivity contribution is -0.143. The van der Waals surface area contributed by atoms with Gasteiger partial charge in [0, 0.05) is 6.42 Å². The van der Waals surface area contributed by atoms with Crippen molar-refractivity contribution in [2.75, 3.05) is 6.61 Å². The van der Waals surface area contributed by atoms with Crippen molar-refractivity contribution in [3.8, 4) is 0 Å². The van der Waals surface area contributed by atoms with Crippen LogP contribution < -0.4 is 0 Å². The van der Waals surface area contributed by atoms with Gasteiger partial charge in [0.25, 0.3) is 0 Å². The Morgan fingerprint density at radius 2 is 1.44 bits per heavy atom. The molecule has 0 aliphatic heterocycles. The number of unbranched alkanes of at least 4 members (excludes halogenated alkanes) is 11. The van der Waals surface area contributed by atoms with E-state index in [-0.39, 0.29) is 12.1 Å². The molecular formula is C22H42O3. The summed E-state index contributed by atoms with van der Waals surface area (Å²) in [5.41, 5.74) is 0. The molecule has 1 N–H and O–H groups in total. The van der Waals surface area contributed by atoms with Gasteiger partial charge in [-0.05, 0) is 32.6 Å². The van der Waals surface area contributed by atoms with Crippen LogP contribution in [0, 0.1) is 0 Å². The number of hydrogen-bond donors (Lipinski definition) is 1. The molecule has 0 aromatic rings. The second kappa shape index (κ2) is 19.5. The van der Waals surface area contributed by atoms with Gasteiger partial charge in [0.1, 0.15) is 0 Å². The van der Waals surface area contributed by atoms with E-state index in [0.29, 0.717) is 13.0 Å². The minimum Gasteiger partial charge on any atom is -0.466 e. The summed E-state index contributed by atoms with van der Waals surface area (Å²) < 4.78 is 4.92. The van der Waals surface area contributed by atoms with Crippen molar-refractivity contribution in [3.63, 3.8) is 0 Å². The minimum absolute atomic E-state index is 0.0483. The Labute approximate surface area is 156 Å². The Bertz CT molecular complexity index is 312. The Morgan fingerprint density at radius 3 is 2.00 bits per heavy atom. The lowest BCUT2D eigenvalue weighted by Crippen LogP contribution is -2.03. The predicted octanol–water partition coefficient (Wildman–Crippen LogP) is 6.34. The summed E-state index contributed by atoms with van der Waals surface area (Å²) >= 11 is 0. The molecule has 0 aromatic heterocycles. The quantitative estimate of drug-likeness (QED) is 0.177. The molecule has 0 bridgehead atoms. The fourth-order valence-corrected chi connectivity index (χ4v) is 2.94. The van der Waals surface area contributed by atoms with Crippen molar-refractivity contribution < 1.29 is 14.6 Å². The van der Waals surface area contributed by atoms with Gasteiger partial charge in [0.05, 0.1) is 12.7 Å². The monoisotopic (exact) mass is 354 g/mol. The molecule has 3 heteroatoms.